The number of anilines is 1. The van der Waals surface area contributed by atoms with Gasteiger partial charge in [0.1, 0.15) is 0 Å². The first-order valence-corrected chi connectivity index (χ1v) is 7.19. The molecule has 0 aliphatic carbocycles. The van der Waals surface area contributed by atoms with Gasteiger partial charge in [-0.25, -0.2) is 0 Å². The van der Waals surface area contributed by atoms with Crippen LogP contribution in [0.15, 0.2) is 6.07 Å². The molecule has 2 unspecified atom stereocenters. The Bertz CT molecular complexity index is 411. The summed E-state index contributed by atoms with van der Waals surface area (Å²) in [6.07, 6.45) is 2.33. The Morgan fingerprint density at radius 3 is 3.06 bits per heavy atom. The van der Waals surface area contributed by atoms with Crippen molar-refractivity contribution in [2.24, 2.45) is 5.92 Å². The molecule has 1 saturated heterocycles. The smallest absolute Gasteiger partial charge is 0.261 e. The van der Waals surface area contributed by atoms with Gasteiger partial charge in [0.05, 0.1) is 11.0 Å². The molecule has 1 aliphatic heterocycles. The molecule has 0 radical (unpaired) electrons. The summed E-state index contributed by atoms with van der Waals surface area (Å²) >= 11 is 1.44. The lowest BCUT2D eigenvalue weighted by atomic mass is 10.00. The molecule has 2 rings (SSSR count). The van der Waals surface area contributed by atoms with Crippen LogP contribution in [0.1, 0.15) is 34.3 Å². The Hall–Kier alpha value is -1.07. The van der Waals surface area contributed by atoms with Crippen molar-refractivity contribution in [1.82, 2.24) is 5.32 Å². The Kier molecular flexibility index (Phi) is 4.24. The molecule has 0 spiro atoms. The molecule has 100 valence electrons. The lowest BCUT2D eigenvalue weighted by Crippen LogP contribution is -2.32. The molecule has 5 heteroatoms. The second-order valence-electron chi connectivity index (χ2n) is 4.70. The highest BCUT2D eigenvalue weighted by atomic mass is 32.1. The van der Waals surface area contributed by atoms with E-state index in [0.717, 1.165) is 24.3 Å². The molecular formula is C13H20N2O2S. The van der Waals surface area contributed by atoms with Gasteiger partial charge < -0.3 is 15.8 Å². The molecule has 2 heterocycles. The van der Waals surface area contributed by atoms with Gasteiger partial charge in [-0.15, -0.1) is 11.3 Å². The Labute approximate surface area is 112 Å². The van der Waals surface area contributed by atoms with Crippen LogP contribution in [-0.4, -0.2) is 25.2 Å². The number of carbonyl (C=O) groups excluding carboxylic acids is 1. The van der Waals surface area contributed by atoms with E-state index in [-0.39, 0.29) is 5.91 Å². The highest BCUT2D eigenvalue weighted by molar-refractivity contribution is 7.14. The summed E-state index contributed by atoms with van der Waals surface area (Å²) in [6.45, 7) is 5.54. The summed E-state index contributed by atoms with van der Waals surface area (Å²) in [5, 5.41) is 2.98. The zero-order valence-electron chi connectivity index (χ0n) is 10.9. The molecule has 1 aliphatic rings. The summed E-state index contributed by atoms with van der Waals surface area (Å²) in [7, 11) is 0. The maximum Gasteiger partial charge on any atom is 0.261 e. The van der Waals surface area contributed by atoms with E-state index in [1.807, 2.05) is 6.92 Å². The van der Waals surface area contributed by atoms with Crippen LogP contribution in [0.2, 0.25) is 0 Å². The van der Waals surface area contributed by atoms with Crippen molar-refractivity contribution in [3.63, 3.8) is 0 Å². The first-order valence-electron chi connectivity index (χ1n) is 6.37. The predicted octanol–water partition coefficient (Wildman–Crippen LogP) is 2.18. The molecule has 0 bridgehead atoms. The summed E-state index contributed by atoms with van der Waals surface area (Å²) in [5.41, 5.74) is 6.45. The van der Waals surface area contributed by atoms with Crippen molar-refractivity contribution in [3.8, 4) is 0 Å². The number of amides is 1. The minimum atomic E-state index is -0.0263. The van der Waals surface area contributed by atoms with Crippen LogP contribution in [0.3, 0.4) is 0 Å². The average Bonchev–Trinajstić information content (AvgIpc) is 2.93. The monoisotopic (exact) mass is 268 g/mol. The van der Waals surface area contributed by atoms with Crippen LogP contribution in [0.5, 0.6) is 0 Å². The minimum absolute atomic E-state index is 0.0263. The number of nitrogen functional groups attached to an aromatic ring is 1. The van der Waals surface area contributed by atoms with Crippen LogP contribution < -0.4 is 11.1 Å². The summed E-state index contributed by atoms with van der Waals surface area (Å²) in [6, 6.07) is 1.75. The lowest BCUT2D eigenvalue weighted by Gasteiger charge is -2.16. The number of rotatable bonds is 4. The molecule has 1 aromatic heterocycles. The van der Waals surface area contributed by atoms with Crippen LogP contribution in [0, 0.1) is 12.8 Å². The van der Waals surface area contributed by atoms with Gasteiger partial charge in [0.25, 0.3) is 5.91 Å². The Morgan fingerprint density at radius 1 is 1.67 bits per heavy atom. The van der Waals surface area contributed by atoms with E-state index in [2.05, 4.69) is 12.2 Å². The highest BCUT2D eigenvalue weighted by Gasteiger charge is 2.27. The van der Waals surface area contributed by atoms with E-state index < -0.39 is 0 Å². The van der Waals surface area contributed by atoms with Gasteiger partial charge >= 0.3 is 0 Å². The number of carbonyl (C=O) groups is 1. The maximum absolute atomic E-state index is 12.0. The van der Waals surface area contributed by atoms with E-state index in [0.29, 0.717) is 29.1 Å². The zero-order chi connectivity index (χ0) is 13.1. The average molecular weight is 268 g/mol. The molecule has 0 aromatic carbocycles. The SMILES string of the molecule is CCC1OCCC1CNC(=O)c1cc(N)c(C)s1. The van der Waals surface area contributed by atoms with Gasteiger partial charge in [-0.05, 0) is 25.8 Å². The predicted molar refractivity (Wildman–Crippen MR) is 73.9 cm³/mol. The molecule has 0 saturated carbocycles. The van der Waals surface area contributed by atoms with Crippen molar-refractivity contribution in [3.05, 3.63) is 15.8 Å². The summed E-state index contributed by atoms with van der Waals surface area (Å²) in [4.78, 5) is 13.7. The number of hydrogen-bond donors (Lipinski definition) is 2. The number of nitrogens with one attached hydrogen (secondary N) is 1. The number of ether oxygens (including phenoxy) is 1. The number of thiophene rings is 1. The fraction of sp³-hybridized carbons (Fsp3) is 0.615. The van der Waals surface area contributed by atoms with Crippen molar-refractivity contribution in [2.45, 2.75) is 32.8 Å². The molecule has 1 amide bonds. The second kappa shape index (κ2) is 5.71. The number of hydrogen-bond acceptors (Lipinski definition) is 4. The second-order valence-corrected chi connectivity index (χ2v) is 5.95. The fourth-order valence-corrected chi connectivity index (χ4v) is 3.15. The molecule has 2 atom stereocenters. The third-order valence-electron chi connectivity index (χ3n) is 3.45. The van der Waals surface area contributed by atoms with Gasteiger partial charge in [-0.2, -0.15) is 0 Å². The van der Waals surface area contributed by atoms with E-state index in [1.54, 1.807) is 6.07 Å². The van der Waals surface area contributed by atoms with Gasteiger partial charge in [0.15, 0.2) is 0 Å². The Morgan fingerprint density at radius 2 is 2.44 bits per heavy atom. The van der Waals surface area contributed by atoms with Gasteiger partial charge in [0, 0.05) is 29.6 Å². The minimum Gasteiger partial charge on any atom is -0.398 e. The van der Waals surface area contributed by atoms with Crippen LogP contribution in [0.4, 0.5) is 5.69 Å². The van der Waals surface area contributed by atoms with E-state index in [1.165, 1.54) is 11.3 Å². The molecule has 18 heavy (non-hydrogen) atoms. The van der Waals surface area contributed by atoms with Crippen molar-refractivity contribution in [1.29, 1.82) is 0 Å². The quantitative estimate of drug-likeness (QED) is 0.879. The molecule has 1 aromatic rings. The van der Waals surface area contributed by atoms with E-state index in [4.69, 9.17) is 10.5 Å². The van der Waals surface area contributed by atoms with Crippen molar-refractivity contribution < 1.29 is 9.53 Å². The van der Waals surface area contributed by atoms with E-state index in [9.17, 15) is 4.79 Å². The number of nitrogens with two attached hydrogens (primary N) is 1. The molecule has 3 N–H and O–H groups in total. The maximum atomic E-state index is 12.0. The fourth-order valence-electron chi connectivity index (χ4n) is 2.30. The van der Waals surface area contributed by atoms with Gasteiger partial charge in [-0.1, -0.05) is 6.92 Å². The Balaban J connectivity index is 1.88. The zero-order valence-corrected chi connectivity index (χ0v) is 11.7. The third-order valence-corrected chi connectivity index (χ3v) is 4.52. The van der Waals surface area contributed by atoms with E-state index >= 15 is 0 Å². The van der Waals surface area contributed by atoms with Crippen molar-refractivity contribution >= 4 is 22.9 Å². The topological polar surface area (TPSA) is 64.3 Å². The number of aryl methyl sites for hydroxylation is 1. The van der Waals surface area contributed by atoms with Crippen molar-refractivity contribution in [2.75, 3.05) is 18.9 Å². The highest BCUT2D eigenvalue weighted by Crippen LogP contribution is 2.25. The lowest BCUT2D eigenvalue weighted by molar-refractivity contribution is 0.0828. The molecular weight excluding hydrogens is 248 g/mol. The van der Waals surface area contributed by atoms with Crippen LogP contribution >= 0.6 is 11.3 Å². The molecule has 1 fully saturated rings. The normalized spacial score (nSPS) is 23.2. The summed E-state index contributed by atoms with van der Waals surface area (Å²) < 4.78 is 5.61. The third kappa shape index (κ3) is 2.84. The first kappa shape index (κ1) is 13.4. The standard InChI is InChI=1S/C13H20N2O2S/c1-3-11-9(4-5-17-11)7-15-13(16)12-6-10(14)8(2)18-12/h6,9,11H,3-5,7,14H2,1-2H3,(H,15,16). The first-order chi connectivity index (χ1) is 8.61. The van der Waals surface area contributed by atoms with Gasteiger partial charge in [0.2, 0.25) is 0 Å². The largest absolute Gasteiger partial charge is 0.398 e. The van der Waals surface area contributed by atoms with Crippen LogP contribution in [0.25, 0.3) is 0 Å². The van der Waals surface area contributed by atoms with Gasteiger partial charge in [-0.3, -0.25) is 4.79 Å². The molecule has 4 nitrogen and oxygen atoms in total. The van der Waals surface area contributed by atoms with Crippen LogP contribution in [-0.2, 0) is 4.74 Å². The summed E-state index contributed by atoms with van der Waals surface area (Å²) in [5.74, 6) is 0.416.